The summed E-state index contributed by atoms with van der Waals surface area (Å²) < 4.78 is 15.2. The number of carbonyl (C=O) groups excluding carboxylic acids is 1. The van der Waals surface area contributed by atoms with E-state index in [2.05, 4.69) is 10.6 Å². The van der Waals surface area contributed by atoms with Gasteiger partial charge in [-0.15, -0.1) is 0 Å². The van der Waals surface area contributed by atoms with Gasteiger partial charge in [-0.2, -0.15) is 0 Å². The normalized spacial score (nSPS) is 9.89. The van der Waals surface area contributed by atoms with Crippen molar-refractivity contribution in [1.29, 1.82) is 0 Å². The maximum Gasteiger partial charge on any atom is 0.312 e. The number of rotatable bonds is 6. The third-order valence-electron chi connectivity index (χ3n) is 3.51. The summed E-state index contributed by atoms with van der Waals surface area (Å²) in [6.07, 6.45) is 0. The van der Waals surface area contributed by atoms with E-state index >= 15 is 0 Å². The van der Waals surface area contributed by atoms with Gasteiger partial charge in [-0.25, -0.2) is 0 Å². The summed E-state index contributed by atoms with van der Waals surface area (Å²) in [5.41, 5.74) is 0.411. The molecule has 0 unspecified atom stereocenters. The molecule has 0 atom stereocenters. The smallest absolute Gasteiger partial charge is 0.312 e. The highest BCUT2D eigenvalue weighted by molar-refractivity contribution is 7.80. The molecule has 2 rings (SSSR count). The zero-order chi connectivity index (χ0) is 20.0. The second-order valence-corrected chi connectivity index (χ2v) is 5.53. The van der Waals surface area contributed by atoms with E-state index in [1.807, 2.05) is 0 Å². The zero-order valence-corrected chi connectivity index (χ0v) is 15.6. The minimum atomic E-state index is -0.574. The summed E-state index contributed by atoms with van der Waals surface area (Å²) in [5, 5.41) is 16.3. The van der Waals surface area contributed by atoms with E-state index in [1.54, 1.807) is 18.2 Å². The van der Waals surface area contributed by atoms with Crippen LogP contribution in [0.25, 0.3) is 0 Å². The van der Waals surface area contributed by atoms with Crippen LogP contribution in [0.1, 0.15) is 10.4 Å². The third kappa shape index (κ3) is 4.82. The molecule has 2 aromatic rings. The number of methoxy groups -OCH3 is 3. The number of amides is 1. The standard InChI is InChI=1S/C17H17N3O6S/c1-24-13-7-5-11(9-12(13)20(22)23)18-17(27)19-16(21)10-4-6-14(25-2)15(8-10)26-3/h4-9H,1-3H3,(H2,18,19,21,27). The molecule has 0 aliphatic carbocycles. The Kier molecular flexibility index (Phi) is 6.50. The molecular formula is C17H17N3O6S. The van der Waals surface area contributed by atoms with Gasteiger partial charge in [0.2, 0.25) is 0 Å². The Morgan fingerprint density at radius 2 is 1.63 bits per heavy atom. The van der Waals surface area contributed by atoms with Gasteiger partial charge in [0.05, 0.1) is 26.3 Å². The Balaban J connectivity index is 2.10. The van der Waals surface area contributed by atoms with Crippen molar-refractivity contribution < 1.29 is 23.9 Å². The average molecular weight is 391 g/mol. The molecule has 0 aliphatic heterocycles. The predicted octanol–water partition coefficient (Wildman–Crippen LogP) is 2.75. The van der Waals surface area contributed by atoms with Crippen molar-refractivity contribution in [1.82, 2.24) is 5.32 Å². The Morgan fingerprint density at radius 3 is 2.22 bits per heavy atom. The lowest BCUT2D eigenvalue weighted by atomic mass is 10.2. The Hall–Kier alpha value is -3.40. The van der Waals surface area contributed by atoms with Gasteiger partial charge in [0, 0.05) is 17.3 Å². The summed E-state index contributed by atoms with van der Waals surface area (Å²) in [5.74, 6) is 0.525. The third-order valence-corrected chi connectivity index (χ3v) is 3.71. The fraction of sp³-hybridized carbons (Fsp3) is 0.176. The van der Waals surface area contributed by atoms with Gasteiger partial charge in [-0.3, -0.25) is 20.2 Å². The van der Waals surface area contributed by atoms with Crippen molar-refractivity contribution in [3.63, 3.8) is 0 Å². The van der Waals surface area contributed by atoms with Gasteiger partial charge in [0.1, 0.15) is 0 Å². The fourth-order valence-corrected chi connectivity index (χ4v) is 2.44. The van der Waals surface area contributed by atoms with Gasteiger partial charge in [-0.1, -0.05) is 0 Å². The number of carbonyl (C=O) groups is 1. The van der Waals surface area contributed by atoms with Crippen LogP contribution in [-0.2, 0) is 0 Å². The summed E-state index contributed by atoms with van der Waals surface area (Å²) >= 11 is 5.09. The number of hydrogen-bond acceptors (Lipinski definition) is 7. The fourth-order valence-electron chi connectivity index (χ4n) is 2.23. The lowest BCUT2D eigenvalue weighted by Gasteiger charge is -2.12. The van der Waals surface area contributed by atoms with E-state index in [0.29, 0.717) is 22.7 Å². The second kappa shape index (κ2) is 8.81. The monoisotopic (exact) mass is 391 g/mol. The molecule has 0 fully saturated rings. The first-order chi connectivity index (χ1) is 12.9. The number of thiocarbonyl (C=S) groups is 1. The highest BCUT2D eigenvalue weighted by Gasteiger charge is 2.16. The summed E-state index contributed by atoms with van der Waals surface area (Å²) in [7, 11) is 4.29. The van der Waals surface area contributed by atoms with E-state index < -0.39 is 10.8 Å². The van der Waals surface area contributed by atoms with Crippen molar-refractivity contribution in [2.24, 2.45) is 0 Å². The van der Waals surface area contributed by atoms with Crippen molar-refractivity contribution in [2.75, 3.05) is 26.6 Å². The van der Waals surface area contributed by atoms with Gasteiger partial charge >= 0.3 is 5.69 Å². The molecule has 142 valence electrons. The highest BCUT2D eigenvalue weighted by Crippen LogP contribution is 2.30. The molecule has 0 radical (unpaired) electrons. The number of nitro benzene ring substituents is 1. The van der Waals surface area contributed by atoms with Crippen LogP contribution >= 0.6 is 12.2 Å². The van der Waals surface area contributed by atoms with Gasteiger partial charge in [0.15, 0.2) is 22.4 Å². The van der Waals surface area contributed by atoms with Crippen LogP contribution in [0.15, 0.2) is 36.4 Å². The number of nitro groups is 1. The molecule has 0 saturated heterocycles. The number of nitrogens with zero attached hydrogens (tertiary/aromatic N) is 1. The van der Waals surface area contributed by atoms with E-state index in [4.69, 9.17) is 26.4 Å². The quantitative estimate of drug-likeness (QED) is 0.439. The van der Waals surface area contributed by atoms with Crippen LogP contribution < -0.4 is 24.8 Å². The van der Waals surface area contributed by atoms with Crippen molar-refractivity contribution in [3.05, 3.63) is 52.1 Å². The van der Waals surface area contributed by atoms with Crippen molar-refractivity contribution >= 4 is 34.6 Å². The lowest BCUT2D eigenvalue weighted by Crippen LogP contribution is -2.34. The van der Waals surface area contributed by atoms with E-state index in [-0.39, 0.29) is 16.5 Å². The molecule has 0 spiro atoms. The van der Waals surface area contributed by atoms with Crippen LogP contribution in [0.5, 0.6) is 17.2 Å². The van der Waals surface area contributed by atoms with Crippen LogP contribution in [0.2, 0.25) is 0 Å². The molecule has 0 aliphatic rings. The van der Waals surface area contributed by atoms with Crippen LogP contribution in [-0.4, -0.2) is 37.3 Å². The molecule has 0 saturated carbocycles. The number of ether oxygens (including phenoxy) is 3. The molecule has 9 nitrogen and oxygen atoms in total. The maximum absolute atomic E-state index is 12.3. The van der Waals surface area contributed by atoms with E-state index in [9.17, 15) is 14.9 Å². The number of hydrogen-bond donors (Lipinski definition) is 2. The summed E-state index contributed by atoms with van der Waals surface area (Å²) in [6.45, 7) is 0. The van der Waals surface area contributed by atoms with Crippen molar-refractivity contribution in [3.8, 4) is 17.2 Å². The highest BCUT2D eigenvalue weighted by atomic mass is 32.1. The van der Waals surface area contributed by atoms with Gasteiger partial charge in [0.25, 0.3) is 5.91 Å². The van der Waals surface area contributed by atoms with Crippen LogP contribution in [0, 0.1) is 10.1 Å². The predicted molar refractivity (Wildman–Crippen MR) is 103 cm³/mol. The molecule has 2 N–H and O–H groups in total. The zero-order valence-electron chi connectivity index (χ0n) is 14.8. The summed E-state index contributed by atoms with van der Waals surface area (Å²) in [4.78, 5) is 22.8. The molecule has 27 heavy (non-hydrogen) atoms. The number of benzene rings is 2. The first-order valence-corrected chi connectivity index (χ1v) is 7.97. The first-order valence-electron chi connectivity index (χ1n) is 7.56. The molecule has 0 bridgehead atoms. The summed E-state index contributed by atoms with van der Waals surface area (Å²) in [6, 6.07) is 8.89. The number of anilines is 1. The Bertz CT molecular complexity index is 887. The molecule has 0 heterocycles. The number of nitrogens with one attached hydrogen (secondary N) is 2. The van der Waals surface area contributed by atoms with Gasteiger partial charge < -0.3 is 19.5 Å². The van der Waals surface area contributed by atoms with Crippen LogP contribution in [0.4, 0.5) is 11.4 Å². The van der Waals surface area contributed by atoms with E-state index in [0.717, 1.165) is 0 Å². The minimum Gasteiger partial charge on any atom is -0.493 e. The second-order valence-electron chi connectivity index (χ2n) is 5.12. The van der Waals surface area contributed by atoms with Crippen molar-refractivity contribution in [2.45, 2.75) is 0 Å². The largest absolute Gasteiger partial charge is 0.493 e. The maximum atomic E-state index is 12.3. The van der Waals surface area contributed by atoms with Gasteiger partial charge in [-0.05, 0) is 42.5 Å². The first kappa shape index (κ1) is 19.9. The Labute approximate surface area is 160 Å². The SMILES string of the molecule is COc1ccc(C(=O)NC(=S)Nc2ccc(OC)c([N+](=O)[O-])c2)cc1OC. The Morgan fingerprint density at radius 1 is 1.00 bits per heavy atom. The molecule has 0 aromatic heterocycles. The van der Waals surface area contributed by atoms with E-state index in [1.165, 1.54) is 39.5 Å². The minimum absolute atomic E-state index is 0.0192. The average Bonchev–Trinajstić information content (AvgIpc) is 2.66. The molecule has 1 amide bonds. The topological polar surface area (TPSA) is 112 Å². The molecule has 10 heteroatoms. The lowest BCUT2D eigenvalue weighted by molar-refractivity contribution is -0.385. The molecular weight excluding hydrogens is 374 g/mol. The van der Waals surface area contributed by atoms with Crippen LogP contribution in [0.3, 0.4) is 0 Å². The molecule has 2 aromatic carbocycles.